The Balaban J connectivity index is 1.49. The van der Waals surface area contributed by atoms with Crippen LogP contribution in [0.15, 0.2) is 47.5 Å². The smallest absolute Gasteiger partial charge is 0.264 e. The summed E-state index contributed by atoms with van der Waals surface area (Å²) in [6, 6.07) is 11.7. The number of nitriles is 2. The molecule has 190 valence electrons. The summed E-state index contributed by atoms with van der Waals surface area (Å²) in [6.07, 6.45) is 2.65. The molecule has 1 heterocycles. The summed E-state index contributed by atoms with van der Waals surface area (Å²) in [5.41, 5.74) is 0.542. The van der Waals surface area contributed by atoms with E-state index in [0.29, 0.717) is 43.9 Å². The van der Waals surface area contributed by atoms with Gasteiger partial charge in [0.05, 0.1) is 0 Å². The van der Waals surface area contributed by atoms with E-state index in [1.165, 1.54) is 48.6 Å². The highest BCUT2D eigenvalue weighted by molar-refractivity contribution is 6.02. The van der Waals surface area contributed by atoms with Gasteiger partial charge in [-0.1, -0.05) is 12.1 Å². The number of piperazine rings is 1. The van der Waals surface area contributed by atoms with Crippen LogP contribution < -0.4 is 5.32 Å². The van der Waals surface area contributed by atoms with Gasteiger partial charge < -0.3 is 30.6 Å². The van der Waals surface area contributed by atoms with Gasteiger partial charge in [0.1, 0.15) is 23.3 Å². The van der Waals surface area contributed by atoms with E-state index in [9.17, 15) is 40.5 Å². The quantitative estimate of drug-likeness (QED) is 0.211. The minimum Gasteiger partial charge on any atom is -0.504 e. The monoisotopic (exact) mass is 503 g/mol. The number of hydrogen-bond donors (Lipinski definition) is 5. The van der Waals surface area contributed by atoms with Gasteiger partial charge >= 0.3 is 0 Å². The van der Waals surface area contributed by atoms with Crippen molar-refractivity contribution in [1.82, 2.24) is 15.1 Å². The average molecular weight is 504 g/mol. The van der Waals surface area contributed by atoms with Crippen LogP contribution in [0.4, 0.5) is 0 Å². The SMILES string of the molecule is N#C/C(=C\c1ccc(O)c(O)c1)C(=O)NCCN1CCN(C(=O)/C(C#N)=C/c2ccc(O)c(O)c2)CC1. The number of carbonyl (C=O) groups excluding carboxylic acids is 2. The Hall–Kier alpha value is -5.00. The fraction of sp³-hybridized carbons (Fsp3) is 0.231. The molecule has 2 aromatic carbocycles. The van der Waals surface area contributed by atoms with Crippen LogP contribution in [0.1, 0.15) is 11.1 Å². The topological polar surface area (TPSA) is 181 Å². The lowest BCUT2D eigenvalue weighted by molar-refractivity contribution is -0.128. The summed E-state index contributed by atoms with van der Waals surface area (Å²) in [4.78, 5) is 28.7. The van der Waals surface area contributed by atoms with E-state index in [0.717, 1.165) is 0 Å². The minimum atomic E-state index is -0.576. The molecule has 2 amide bonds. The third-order valence-electron chi connectivity index (χ3n) is 5.71. The van der Waals surface area contributed by atoms with Gasteiger partial charge in [-0.3, -0.25) is 14.5 Å². The summed E-state index contributed by atoms with van der Waals surface area (Å²) in [7, 11) is 0. The van der Waals surface area contributed by atoms with E-state index in [-0.39, 0.29) is 40.7 Å². The van der Waals surface area contributed by atoms with Crippen molar-refractivity contribution in [2.75, 3.05) is 39.3 Å². The molecule has 0 aromatic heterocycles. The van der Waals surface area contributed by atoms with Crippen molar-refractivity contribution in [3.05, 3.63) is 58.7 Å². The molecule has 0 aliphatic carbocycles. The van der Waals surface area contributed by atoms with E-state index in [1.54, 1.807) is 4.90 Å². The number of phenolic OH excluding ortho intramolecular Hbond substituents is 4. The summed E-state index contributed by atoms with van der Waals surface area (Å²) in [5.74, 6) is -2.33. The van der Waals surface area contributed by atoms with Crippen LogP contribution in [0.3, 0.4) is 0 Å². The first-order valence-corrected chi connectivity index (χ1v) is 11.3. The third kappa shape index (κ3) is 7.01. The molecule has 11 nitrogen and oxygen atoms in total. The molecule has 0 radical (unpaired) electrons. The van der Waals surface area contributed by atoms with Gasteiger partial charge in [-0.2, -0.15) is 10.5 Å². The largest absolute Gasteiger partial charge is 0.504 e. The van der Waals surface area contributed by atoms with Crippen molar-refractivity contribution in [3.8, 4) is 35.1 Å². The third-order valence-corrected chi connectivity index (χ3v) is 5.71. The van der Waals surface area contributed by atoms with Crippen molar-refractivity contribution >= 4 is 24.0 Å². The molecule has 11 heteroatoms. The minimum absolute atomic E-state index is 0.0939. The Morgan fingerprint density at radius 1 is 0.811 bits per heavy atom. The fourth-order valence-electron chi connectivity index (χ4n) is 3.65. The lowest BCUT2D eigenvalue weighted by atomic mass is 10.1. The second kappa shape index (κ2) is 12.1. The molecule has 5 N–H and O–H groups in total. The van der Waals surface area contributed by atoms with Gasteiger partial charge in [0.15, 0.2) is 23.0 Å². The molecule has 1 aliphatic rings. The van der Waals surface area contributed by atoms with E-state index < -0.39 is 11.8 Å². The van der Waals surface area contributed by atoms with Gasteiger partial charge in [0, 0.05) is 39.3 Å². The second-order valence-corrected chi connectivity index (χ2v) is 8.23. The highest BCUT2D eigenvalue weighted by atomic mass is 16.3. The van der Waals surface area contributed by atoms with Crippen LogP contribution in [0, 0.1) is 22.7 Å². The Labute approximate surface area is 213 Å². The second-order valence-electron chi connectivity index (χ2n) is 8.23. The van der Waals surface area contributed by atoms with Crippen molar-refractivity contribution in [2.24, 2.45) is 0 Å². The molecule has 0 bridgehead atoms. The number of nitrogens with zero attached hydrogens (tertiary/aromatic N) is 4. The van der Waals surface area contributed by atoms with Crippen LogP contribution in [0.2, 0.25) is 0 Å². The Kier molecular flexibility index (Phi) is 8.71. The van der Waals surface area contributed by atoms with E-state index in [1.807, 2.05) is 17.0 Å². The summed E-state index contributed by atoms with van der Waals surface area (Å²) in [6.45, 7) is 2.54. The Morgan fingerprint density at radius 2 is 1.32 bits per heavy atom. The van der Waals surface area contributed by atoms with Crippen LogP contribution in [0.5, 0.6) is 23.0 Å². The zero-order chi connectivity index (χ0) is 26.9. The molecule has 37 heavy (non-hydrogen) atoms. The molecule has 2 aromatic rings. The van der Waals surface area contributed by atoms with Gasteiger partial charge in [-0.05, 0) is 47.5 Å². The number of nitrogens with one attached hydrogen (secondary N) is 1. The van der Waals surface area contributed by atoms with Crippen LogP contribution in [0.25, 0.3) is 12.2 Å². The lowest BCUT2D eigenvalue weighted by Gasteiger charge is -2.34. The average Bonchev–Trinajstić information content (AvgIpc) is 2.89. The molecule has 1 fully saturated rings. The Bertz CT molecular complexity index is 1330. The normalized spacial score (nSPS) is 14.5. The van der Waals surface area contributed by atoms with Gasteiger partial charge in [-0.15, -0.1) is 0 Å². The molecular weight excluding hydrogens is 478 g/mol. The van der Waals surface area contributed by atoms with E-state index in [2.05, 4.69) is 5.32 Å². The molecule has 0 atom stereocenters. The number of carbonyl (C=O) groups is 2. The summed E-state index contributed by atoms with van der Waals surface area (Å²) < 4.78 is 0. The maximum Gasteiger partial charge on any atom is 0.264 e. The van der Waals surface area contributed by atoms with Crippen molar-refractivity contribution < 1.29 is 30.0 Å². The number of benzene rings is 2. The number of aromatic hydroxyl groups is 4. The predicted molar refractivity (Wildman–Crippen MR) is 133 cm³/mol. The van der Waals surface area contributed by atoms with Crippen LogP contribution in [-0.2, 0) is 9.59 Å². The van der Waals surface area contributed by atoms with Crippen LogP contribution >= 0.6 is 0 Å². The molecule has 3 rings (SSSR count). The highest BCUT2D eigenvalue weighted by Crippen LogP contribution is 2.27. The van der Waals surface area contributed by atoms with Crippen molar-refractivity contribution in [2.45, 2.75) is 0 Å². The number of amides is 2. The maximum atomic E-state index is 12.8. The first kappa shape index (κ1) is 26.6. The zero-order valence-corrected chi connectivity index (χ0v) is 19.8. The maximum absolute atomic E-state index is 12.8. The zero-order valence-electron chi connectivity index (χ0n) is 19.8. The van der Waals surface area contributed by atoms with Gasteiger partial charge in [0.2, 0.25) is 0 Å². The Morgan fingerprint density at radius 3 is 1.81 bits per heavy atom. The lowest BCUT2D eigenvalue weighted by Crippen LogP contribution is -2.50. The number of phenols is 4. The first-order valence-electron chi connectivity index (χ1n) is 11.3. The first-order chi connectivity index (χ1) is 17.7. The molecule has 0 spiro atoms. The molecule has 0 unspecified atom stereocenters. The predicted octanol–water partition coefficient (Wildman–Crippen LogP) is 1.28. The van der Waals surface area contributed by atoms with Gasteiger partial charge in [-0.25, -0.2) is 0 Å². The fourth-order valence-corrected chi connectivity index (χ4v) is 3.65. The van der Waals surface area contributed by atoms with Crippen molar-refractivity contribution in [3.63, 3.8) is 0 Å². The molecule has 1 aliphatic heterocycles. The van der Waals surface area contributed by atoms with Crippen LogP contribution in [-0.4, -0.2) is 81.3 Å². The standard InChI is InChI=1S/C26H25N5O6/c27-15-19(11-17-1-3-21(32)23(34)13-17)25(36)29-5-6-30-7-9-31(10-8-30)26(37)20(16-28)12-18-2-4-22(33)24(35)14-18/h1-4,11-14,32-35H,5-10H2,(H,29,36)/b19-11+,20-12+. The number of hydrogen-bond acceptors (Lipinski definition) is 9. The molecule has 1 saturated heterocycles. The van der Waals surface area contributed by atoms with Crippen molar-refractivity contribution in [1.29, 1.82) is 10.5 Å². The van der Waals surface area contributed by atoms with E-state index >= 15 is 0 Å². The molecule has 0 saturated carbocycles. The number of rotatable bonds is 7. The summed E-state index contributed by atoms with van der Waals surface area (Å²) in [5, 5.41) is 59.4. The molecular formula is C26H25N5O6. The highest BCUT2D eigenvalue weighted by Gasteiger charge is 2.24. The van der Waals surface area contributed by atoms with E-state index in [4.69, 9.17) is 0 Å². The summed E-state index contributed by atoms with van der Waals surface area (Å²) >= 11 is 0. The van der Waals surface area contributed by atoms with Gasteiger partial charge in [0.25, 0.3) is 11.8 Å².